The molecular formula is C18H28N4O. The summed E-state index contributed by atoms with van der Waals surface area (Å²) in [4.78, 5) is 16.5. The van der Waals surface area contributed by atoms with E-state index in [4.69, 9.17) is 0 Å². The van der Waals surface area contributed by atoms with Gasteiger partial charge in [0.2, 0.25) is 5.91 Å². The molecule has 0 aliphatic carbocycles. The number of carbonyl (C=O) groups is 1. The van der Waals surface area contributed by atoms with E-state index in [0.717, 1.165) is 38.3 Å². The summed E-state index contributed by atoms with van der Waals surface area (Å²) < 4.78 is 0. The fourth-order valence-electron chi connectivity index (χ4n) is 2.53. The molecule has 1 aromatic rings. The van der Waals surface area contributed by atoms with Crippen molar-refractivity contribution in [2.75, 3.05) is 39.8 Å². The largest absolute Gasteiger partial charge is 0.304 e. The average Bonchev–Trinajstić information content (AvgIpc) is 2.55. The van der Waals surface area contributed by atoms with Crippen LogP contribution in [0.5, 0.6) is 0 Å². The van der Waals surface area contributed by atoms with Gasteiger partial charge in [-0.05, 0) is 24.1 Å². The molecule has 0 radical (unpaired) electrons. The van der Waals surface area contributed by atoms with Gasteiger partial charge in [-0.15, -0.1) is 0 Å². The van der Waals surface area contributed by atoms with Crippen LogP contribution in [0.1, 0.15) is 37.3 Å². The molecule has 0 saturated carbocycles. The predicted octanol–water partition coefficient (Wildman–Crippen LogP) is 1.90. The smallest absolute Gasteiger partial charge is 0.241 e. The molecule has 5 heteroatoms. The van der Waals surface area contributed by atoms with E-state index in [1.54, 1.807) is 6.21 Å². The second kappa shape index (κ2) is 8.79. The van der Waals surface area contributed by atoms with Crippen molar-refractivity contribution < 1.29 is 4.79 Å². The maximum absolute atomic E-state index is 11.8. The van der Waals surface area contributed by atoms with Crippen molar-refractivity contribution in [3.05, 3.63) is 35.4 Å². The van der Waals surface area contributed by atoms with E-state index in [1.165, 1.54) is 5.56 Å². The number of hydrogen-bond donors (Lipinski definition) is 1. The summed E-state index contributed by atoms with van der Waals surface area (Å²) >= 11 is 0. The van der Waals surface area contributed by atoms with Gasteiger partial charge >= 0.3 is 0 Å². The summed E-state index contributed by atoms with van der Waals surface area (Å²) in [7, 11) is 2.13. The van der Waals surface area contributed by atoms with Crippen LogP contribution >= 0.6 is 0 Å². The molecule has 5 nitrogen and oxygen atoms in total. The van der Waals surface area contributed by atoms with Crippen LogP contribution in [0.4, 0.5) is 0 Å². The molecule has 0 aromatic heterocycles. The zero-order valence-corrected chi connectivity index (χ0v) is 14.5. The monoisotopic (exact) mass is 316 g/mol. The highest BCUT2D eigenvalue weighted by atomic mass is 16.2. The van der Waals surface area contributed by atoms with Gasteiger partial charge in [-0.2, -0.15) is 5.10 Å². The van der Waals surface area contributed by atoms with Gasteiger partial charge in [0.25, 0.3) is 0 Å². The molecule has 1 saturated heterocycles. The lowest BCUT2D eigenvalue weighted by molar-refractivity contribution is -0.121. The maximum Gasteiger partial charge on any atom is 0.241 e. The Morgan fingerprint density at radius 3 is 2.48 bits per heavy atom. The van der Waals surface area contributed by atoms with Gasteiger partial charge in [0.05, 0.1) is 6.21 Å². The highest BCUT2D eigenvalue weighted by Crippen LogP contribution is 2.13. The molecule has 1 heterocycles. The molecule has 0 spiro atoms. The van der Waals surface area contributed by atoms with Crippen LogP contribution in [0.2, 0.25) is 0 Å². The molecule has 1 aliphatic heterocycles. The number of hydrazone groups is 1. The SMILES string of the molecule is CC(C)c1ccc(C=NNC(=O)CCN2CCN(C)CC2)cc1. The number of amides is 1. The van der Waals surface area contributed by atoms with E-state index in [0.29, 0.717) is 12.3 Å². The Bertz CT molecular complexity index is 516. The fourth-order valence-corrected chi connectivity index (χ4v) is 2.53. The van der Waals surface area contributed by atoms with Gasteiger partial charge in [-0.3, -0.25) is 4.79 Å². The van der Waals surface area contributed by atoms with Gasteiger partial charge in [0, 0.05) is 39.1 Å². The third-order valence-corrected chi connectivity index (χ3v) is 4.26. The first-order valence-corrected chi connectivity index (χ1v) is 8.37. The molecule has 1 amide bonds. The standard InChI is InChI=1S/C18H28N4O/c1-15(2)17-6-4-16(5-7-17)14-19-20-18(23)8-9-22-12-10-21(3)11-13-22/h4-7,14-15H,8-13H2,1-3H3,(H,20,23). The molecule has 0 atom stereocenters. The summed E-state index contributed by atoms with van der Waals surface area (Å²) in [5.41, 5.74) is 4.91. The van der Waals surface area contributed by atoms with Gasteiger partial charge < -0.3 is 9.80 Å². The molecule has 1 fully saturated rings. The topological polar surface area (TPSA) is 47.9 Å². The van der Waals surface area contributed by atoms with Gasteiger partial charge in [0.1, 0.15) is 0 Å². The van der Waals surface area contributed by atoms with Crippen molar-refractivity contribution >= 4 is 12.1 Å². The van der Waals surface area contributed by atoms with E-state index in [-0.39, 0.29) is 5.91 Å². The fraction of sp³-hybridized carbons (Fsp3) is 0.556. The molecule has 0 bridgehead atoms. The predicted molar refractivity (Wildman–Crippen MR) is 94.8 cm³/mol. The molecule has 1 aliphatic rings. The Morgan fingerprint density at radius 1 is 1.22 bits per heavy atom. The Kier molecular flexibility index (Phi) is 6.74. The molecule has 0 unspecified atom stereocenters. The average molecular weight is 316 g/mol. The summed E-state index contributed by atoms with van der Waals surface area (Å²) in [6.07, 6.45) is 2.19. The number of piperazine rings is 1. The van der Waals surface area contributed by atoms with Crippen molar-refractivity contribution in [3.63, 3.8) is 0 Å². The molecule has 23 heavy (non-hydrogen) atoms. The van der Waals surface area contributed by atoms with Crippen molar-refractivity contribution in [2.45, 2.75) is 26.2 Å². The van der Waals surface area contributed by atoms with E-state index < -0.39 is 0 Å². The molecule has 2 rings (SSSR count). The minimum atomic E-state index is -0.0287. The Labute approximate surface area is 139 Å². The van der Waals surface area contributed by atoms with Crippen molar-refractivity contribution in [2.24, 2.45) is 5.10 Å². The van der Waals surface area contributed by atoms with Crippen LogP contribution < -0.4 is 5.43 Å². The zero-order chi connectivity index (χ0) is 16.7. The second-order valence-corrected chi connectivity index (χ2v) is 6.51. The van der Waals surface area contributed by atoms with Crippen LogP contribution in [0.15, 0.2) is 29.4 Å². The Hall–Kier alpha value is -1.72. The number of benzene rings is 1. The van der Waals surface area contributed by atoms with E-state index in [9.17, 15) is 4.79 Å². The lowest BCUT2D eigenvalue weighted by atomic mass is 10.0. The first-order valence-electron chi connectivity index (χ1n) is 8.37. The van der Waals surface area contributed by atoms with Crippen molar-refractivity contribution in [1.29, 1.82) is 0 Å². The first kappa shape index (κ1) is 17.6. The summed E-state index contributed by atoms with van der Waals surface area (Å²) in [6, 6.07) is 8.24. The minimum Gasteiger partial charge on any atom is -0.304 e. The quantitative estimate of drug-likeness (QED) is 0.644. The van der Waals surface area contributed by atoms with Crippen molar-refractivity contribution in [1.82, 2.24) is 15.2 Å². The number of rotatable bonds is 6. The zero-order valence-electron chi connectivity index (χ0n) is 14.5. The Balaban J connectivity index is 1.69. The number of nitrogens with one attached hydrogen (secondary N) is 1. The molecule has 126 valence electrons. The summed E-state index contributed by atoms with van der Waals surface area (Å²) in [5.74, 6) is 0.495. The molecule has 1 aromatic carbocycles. The van der Waals surface area contributed by atoms with E-state index in [2.05, 4.69) is 53.4 Å². The Morgan fingerprint density at radius 2 is 1.87 bits per heavy atom. The minimum absolute atomic E-state index is 0.0287. The van der Waals surface area contributed by atoms with E-state index >= 15 is 0 Å². The number of hydrogen-bond acceptors (Lipinski definition) is 4. The number of likely N-dealkylation sites (N-methyl/N-ethyl adjacent to an activating group) is 1. The van der Waals surface area contributed by atoms with Gasteiger partial charge in [-0.1, -0.05) is 38.1 Å². The van der Waals surface area contributed by atoms with Crippen LogP contribution in [0.25, 0.3) is 0 Å². The molecule has 1 N–H and O–H groups in total. The second-order valence-electron chi connectivity index (χ2n) is 6.51. The van der Waals surface area contributed by atoms with Gasteiger partial charge in [0.15, 0.2) is 0 Å². The maximum atomic E-state index is 11.8. The number of nitrogens with zero attached hydrogens (tertiary/aromatic N) is 3. The van der Waals surface area contributed by atoms with E-state index in [1.807, 2.05) is 12.1 Å². The third-order valence-electron chi connectivity index (χ3n) is 4.26. The molecular weight excluding hydrogens is 288 g/mol. The van der Waals surface area contributed by atoms with Gasteiger partial charge in [-0.25, -0.2) is 5.43 Å². The van der Waals surface area contributed by atoms with Crippen LogP contribution in [-0.4, -0.2) is 61.7 Å². The number of carbonyl (C=O) groups excluding carboxylic acids is 1. The van der Waals surface area contributed by atoms with Crippen LogP contribution in [0, 0.1) is 0 Å². The third kappa shape index (κ3) is 6.12. The van der Waals surface area contributed by atoms with Crippen molar-refractivity contribution in [3.8, 4) is 0 Å². The normalized spacial score (nSPS) is 17.0. The highest BCUT2D eigenvalue weighted by molar-refractivity contribution is 5.82. The first-order chi connectivity index (χ1) is 11.0. The lowest BCUT2D eigenvalue weighted by Crippen LogP contribution is -2.45. The lowest BCUT2D eigenvalue weighted by Gasteiger charge is -2.32. The van der Waals surface area contributed by atoms with Crippen LogP contribution in [-0.2, 0) is 4.79 Å². The highest BCUT2D eigenvalue weighted by Gasteiger charge is 2.14. The summed E-state index contributed by atoms with van der Waals surface area (Å²) in [6.45, 7) is 9.37. The summed E-state index contributed by atoms with van der Waals surface area (Å²) in [5, 5.41) is 4.04. The van der Waals surface area contributed by atoms with Crippen LogP contribution in [0.3, 0.4) is 0 Å².